The minimum absolute atomic E-state index is 0.0306. The topological polar surface area (TPSA) is 121 Å². The zero-order valence-corrected chi connectivity index (χ0v) is 22.3. The Bertz CT molecular complexity index is 1690. The Kier molecular flexibility index (Phi) is 9.40. The number of anilines is 2. The first-order chi connectivity index (χ1) is 20.4. The van der Waals surface area contributed by atoms with Gasteiger partial charge in [-0.3, -0.25) is 25.4 Å². The van der Waals surface area contributed by atoms with E-state index in [1.807, 2.05) is 0 Å². The average Bonchev–Trinajstić information content (AvgIpc) is 2.94. The van der Waals surface area contributed by atoms with Crippen molar-refractivity contribution in [3.05, 3.63) is 112 Å². The molecule has 9 nitrogen and oxygen atoms in total. The van der Waals surface area contributed by atoms with Gasteiger partial charge in [0.2, 0.25) is 5.91 Å². The fraction of sp³-hybridized carbons (Fsp3) is 0.0714. The number of amides is 4. The highest BCUT2D eigenvalue weighted by atomic mass is 35.5. The molecule has 3 aromatic carbocycles. The maximum absolute atomic E-state index is 14.7. The third-order valence-corrected chi connectivity index (χ3v) is 5.82. The van der Waals surface area contributed by atoms with Gasteiger partial charge in [0.25, 0.3) is 5.91 Å². The van der Waals surface area contributed by atoms with Crippen LogP contribution in [0.4, 0.5) is 38.1 Å². The molecule has 1 heterocycles. The summed E-state index contributed by atoms with van der Waals surface area (Å²) in [4.78, 5) is 40.6. The number of carbonyl (C=O) groups excluding carboxylic acids is 3. The van der Waals surface area contributed by atoms with Gasteiger partial charge in [-0.25, -0.2) is 13.6 Å². The van der Waals surface area contributed by atoms with Crippen molar-refractivity contribution < 1.29 is 41.1 Å². The monoisotopic (exact) mass is 619 g/mol. The molecule has 4 amide bonds. The van der Waals surface area contributed by atoms with Crippen LogP contribution < -0.4 is 26.2 Å². The highest BCUT2D eigenvalue weighted by Crippen LogP contribution is 2.36. The van der Waals surface area contributed by atoms with Crippen molar-refractivity contribution in [3.63, 3.8) is 0 Å². The van der Waals surface area contributed by atoms with Crippen LogP contribution in [-0.2, 0) is 17.4 Å². The number of alkyl halides is 3. The molecule has 0 spiro atoms. The number of hydrazine groups is 1. The third-order valence-electron chi connectivity index (χ3n) is 5.49. The van der Waals surface area contributed by atoms with Crippen LogP contribution in [0, 0.1) is 11.6 Å². The number of ether oxygens (including phenoxy) is 1. The molecule has 4 rings (SSSR count). The predicted molar refractivity (Wildman–Crippen MR) is 146 cm³/mol. The molecule has 15 heteroatoms. The second-order valence-electron chi connectivity index (χ2n) is 8.70. The number of pyridine rings is 1. The van der Waals surface area contributed by atoms with E-state index in [0.717, 1.165) is 24.3 Å². The van der Waals surface area contributed by atoms with Gasteiger partial charge in [-0.1, -0.05) is 23.7 Å². The van der Waals surface area contributed by atoms with E-state index < -0.39 is 46.2 Å². The number of hydrogen-bond donors (Lipinski definition) is 4. The van der Waals surface area contributed by atoms with Crippen molar-refractivity contribution in [1.29, 1.82) is 0 Å². The summed E-state index contributed by atoms with van der Waals surface area (Å²) >= 11 is 5.56. The van der Waals surface area contributed by atoms with E-state index in [4.69, 9.17) is 16.3 Å². The molecule has 222 valence electrons. The number of halogens is 6. The first kappa shape index (κ1) is 30.7. The molecule has 43 heavy (non-hydrogen) atoms. The number of rotatable bonds is 7. The summed E-state index contributed by atoms with van der Waals surface area (Å²) < 4.78 is 72.6. The van der Waals surface area contributed by atoms with Crippen molar-refractivity contribution >= 4 is 40.8 Å². The van der Waals surface area contributed by atoms with E-state index in [0.29, 0.717) is 11.6 Å². The Hall–Kier alpha value is -5.24. The summed E-state index contributed by atoms with van der Waals surface area (Å²) in [7, 11) is 0. The number of nitrogens with one attached hydrogen (secondary N) is 4. The van der Waals surface area contributed by atoms with Crippen molar-refractivity contribution in [2.45, 2.75) is 12.6 Å². The van der Waals surface area contributed by atoms with Crippen molar-refractivity contribution in [3.8, 4) is 11.5 Å². The Morgan fingerprint density at radius 1 is 0.860 bits per heavy atom. The molecule has 0 saturated heterocycles. The number of benzene rings is 3. The lowest BCUT2D eigenvalue weighted by molar-refractivity contribution is -0.137. The molecule has 4 aromatic rings. The fourth-order valence-electron chi connectivity index (χ4n) is 3.57. The molecule has 0 saturated carbocycles. The number of carbonyl (C=O) groups is 3. The molecule has 0 atom stereocenters. The minimum atomic E-state index is -4.74. The molecular formula is C28H19ClF5N5O4. The Morgan fingerprint density at radius 3 is 2.35 bits per heavy atom. The normalized spacial score (nSPS) is 10.9. The van der Waals surface area contributed by atoms with Gasteiger partial charge in [-0.15, -0.1) is 0 Å². The van der Waals surface area contributed by atoms with Gasteiger partial charge >= 0.3 is 12.2 Å². The molecule has 0 aliphatic rings. The van der Waals surface area contributed by atoms with Crippen molar-refractivity contribution in [2.24, 2.45) is 0 Å². The molecule has 0 fully saturated rings. The maximum Gasteiger partial charge on any atom is 0.417 e. The van der Waals surface area contributed by atoms with Gasteiger partial charge < -0.3 is 15.4 Å². The molecule has 0 unspecified atom stereocenters. The molecule has 0 aliphatic heterocycles. The number of hydrogen-bond acceptors (Lipinski definition) is 5. The lowest BCUT2D eigenvalue weighted by Gasteiger charge is -2.13. The first-order valence-electron chi connectivity index (χ1n) is 12.1. The minimum Gasteiger partial charge on any atom is -0.457 e. The van der Waals surface area contributed by atoms with Gasteiger partial charge in [-0.2, -0.15) is 13.2 Å². The molecule has 0 bridgehead atoms. The maximum atomic E-state index is 14.7. The lowest BCUT2D eigenvalue weighted by Crippen LogP contribution is -2.42. The van der Waals surface area contributed by atoms with E-state index in [1.165, 1.54) is 42.6 Å². The van der Waals surface area contributed by atoms with Gasteiger partial charge in [0.05, 0.1) is 22.7 Å². The van der Waals surface area contributed by atoms with Gasteiger partial charge in [0, 0.05) is 24.0 Å². The van der Waals surface area contributed by atoms with Crippen LogP contribution in [0.3, 0.4) is 0 Å². The molecule has 0 aliphatic carbocycles. The standard InChI is InChI=1S/C28H19ClF5N5O4/c29-21-6-4-17(12-20(21)28(32,33)34)36-27(42)37-23-7-5-18(13-22(23)31)43-19-8-9-35-24(14-19)26(41)39-38-25(40)11-15-2-1-3-16(30)10-15/h1-10,12-14H,11H2,(H,38,40)(H,39,41)(H2,36,37,42). The van der Waals surface area contributed by atoms with Gasteiger partial charge in [0.15, 0.2) is 0 Å². The summed E-state index contributed by atoms with van der Waals surface area (Å²) in [5.41, 5.74) is 2.92. The summed E-state index contributed by atoms with van der Waals surface area (Å²) in [5, 5.41) is 3.79. The summed E-state index contributed by atoms with van der Waals surface area (Å²) in [5.74, 6) is -2.80. The fourth-order valence-corrected chi connectivity index (χ4v) is 3.79. The summed E-state index contributed by atoms with van der Waals surface area (Å²) in [6.07, 6.45) is -3.70. The van der Waals surface area contributed by atoms with E-state index in [1.54, 1.807) is 6.07 Å². The van der Waals surface area contributed by atoms with E-state index in [9.17, 15) is 36.3 Å². The zero-order chi connectivity index (χ0) is 31.1. The second-order valence-corrected chi connectivity index (χ2v) is 9.11. The van der Waals surface area contributed by atoms with Crippen LogP contribution in [0.1, 0.15) is 21.6 Å². The third kappa shape index (κ3) is 8.63. The first-order valence-corrected chi connectivity index (χ1v) is 12.5. The van der Waals surface area contributed by atoms with Crippen LogP contribution in [0.5, 0.6) is 11.5 Å². The van der Waals surface area contributed by atoms with Crippen LogP contribution in [0.25, 0.3) is 0 Å². The quantitative estimate of drug-likeness (QED) is 0.140. The number of urea groups is 1. The predicted octanol–water partition coefficient (Wildman–Crippen LogP) is 6.47. The van der Waals surface area contributed by atoms with Crippen LogP contribution >= 0.6 is 11.6 Å². The molecular weight excluding hydrogens is 601 g/mol. The molecule has 0 radical (unpaired) electrons. The van der Waals surface area contributed by atoms with Crippen molar-refractivity contribution in [2.75, 3.05) is 10.6 Å². The van der Waals surface area contributed by atoms with E-state index in [2.05, 4.69) is 26.5 Å². The summed E-state index contributed by atoms with van der Waals surface area (Å²) in [6.45, 7) is 0. The number of nitrogens with zero attached hydrogens (tertiary/aromatic N) is 1. The van der Waals surface area contributed by atoms with Crippen LogP contribution in [0.15, 0.2) is 79.0 Å². The highest BCUT2D eigenvalue weighted by molar-refractivity contribution is 6.31. The smallest absolute Gasteiger partial charge is 0.417 e. The molecule has 1 aromatic heterocycles. The van der Waals surface area contributed by atoms with Gasteiger partial charge in [-0.05, 0) is 54.1 Å². The SMILES string of the molecule is O=C(Cc1cccc(F)c1)NNC(=O)c1cc(Oc2ccc(NC(=O)Nc3ccc(Cl)c(C(F)(F)F)c3)c(F)c2)ccn1. The Labute approximate surface area is 245 Å². The van der Waals surface area contributed by atoms with Crippen LogP contribution in [0.2, 0.25) is 5.02 Å². The van der Waals surface area contributed by atoms with Gasteiger partial charge in [0.1, 0.15) is 28.8 Å². The lowest BCUT2D eigenvalue weighted by atomic mass is 10.1. The highest BCUT2D eigenvalue weighted by Gasteiger charge is 2.33. The second kappa shape index (κ2) is 13.2. The van der Waals surface area contributed by atoms with Crippen LogP contribution in [-0.4, -0.2) is 22.8 Å². The molecule has 4 N–H and O–H groups in total. The Balaban J connectivity index is 1.33. The average molecular weight is 620 g/mol. The van der Waals surface area contributed by atoms with E-state index in [-0.39, 0.29) is 35.0 Å². The largest absolute Gasteiger partial charge is 0.457 e. The Morgan fingerprint density at radius 2 is 1.63 bits per heavy atom. The number of aromatic nitrogens is 1. The van der Waals surface area contributed by atoms with E-state index >= 15 is 0 Å². The summed E-state index contributed by atoms with van der Waals surface area (Å²) in [6, 6.07) is 13.1. The van der Waals surface area contributed by atoms with Crippen molar-refractivity contribution in [1.82, 2.24) is 15.8 Å². The zero-order valence-electron chi connectivity index (χ0n) is 21.6.